The molecule has 0 saturated carbocycles. The van der Waals surface area contributed by atoms with Gasteiger partial charge in [-0.25, -0.2) is 9.59 Å². The molecule has 0 aliphatic rings. The van der Waals surface area contributed by atoms with Gasteiger partial charge in [-0.05, 0) is 51.4 Å². The van der Waals surface area contributed by atoms with Crippen molar-refractivity contribution in [2.24, 2.45) is 0 Å². The topological polar surface area (TPSA) is 74.6 Å². The van der Waals surface area contributed by atoms with Crippen LogP contribution in [0.3, 0.4) is 0 Å². The summed E-state index contributed by atoms with van der Waals surface area (Å²) in [6.07, 6.45) is 80.0. The molecule has 0 aromatic carbocycles. The minimum Gasteiger partial charge on any atom is -0.478 e. The first-order chi connectivity index (χ1) is 30.6. The predicted molar refractivity (Wildman–Crippen MR) is 274 cm³/mol. The van der Waals surface area contributed by atoms with Crippen molar-refractivity contribution in [2.75, 3.05) is 0 Å². The average Bonchev–Trinajstić information content (AvgIpc) is 3.26. The van der Waals surface area contributed by atoms with Gasteiger partial charge in [0.15, 0.2) is 0 Å². The number of allylic oxidation sites excluding steroid dienone is 4. The predicted octanol–water partition coefficient (Wildman–Crippen LogP) is 20.3. The fourth-order valence-corrected chi connectivity index (χ4v) is 9.08. The third-order valence-electron chi connectivity index (χ3n) is 13.2. The van der Waals surface area contributed by atoms with Crippen molar-refractivity contribution in [3.63, 3.8) is 0 Å². The maximum Gasteiger partial charge on any atom is 0.327 e. The lowest BCUT2D eigenvalue weighted by atomic mass is 10.0. The van der Waals surface area contributed by atoms with E-state index in [0.29, 0.717) is 0 Å². The molecule has 0 heterocycles. The largest absolute Gasteiger partial charge is 0.478 e. The Labute approximate surface area is 387 Å². The number of rotatable bonds is 54. The van der Waals surface area contributed by atoms with Gasteiger partial charge < -0.3 is 10.2 Å². The van der Waals surface area contributed by atoms with Crippen molar-refractivity contribution in [3.8, 4) is 0 Å². The van der Waals surface area contributed by atoms with Crippen LogP contribution in [0, 0.1) is 0 Å². The van der Waals surface area contributed by atoms with E-state index in [2.05, 4.69) is 12.2 Å². The van der Waals surface area contributed by atoms with Crippen molar-refractivity contribution in [2.45, 2.75) is 321 Å². The van der Waals surface area contributed by atoms with Gasteiger partial charge in [0.05, 0.1) is 0 Å². The van der Waals surface area contributed by atoms with Crippen LogP contribution in [0.4, 0.5) is 0 Å². The number of carbonyl (C=O) groups is 2. The zero-order valence-electron chi connectivity index (χ0n) is 41.5. The molecule has 0 aromatic heterocycles. The molecule has 364 valence electrons. The number of carboxylic acid groups (broad SMARTS) is 2. The lowest BCUT2D eigenvalue weighted by Crippen LogP contribution is -1.86. The Kier molecular flexibility index (Phi) is 53.7. The third kappa shape index (κ3) is 58.2. The standard InChI is InChI=1S/C58H108O4/c59-57(60)55-53-51-49-47-45-43-41-39-37-35-33-31-29-27-25-23-21-19-17-15-13-11-9-7-5-3-1-2-4-6-8-10-12-14-16-18-20-22-24-26-28-30-32-34-36-38-40-42-44-46-48-50-52-54-56-58(61)62/h37,39,53-56H,1-36,38,40-52H2,(H,59,60)(H,61,62). The first kappa shape index (κ1) is 60.2. The Morgan fingerprint density at radius 3 is 0.435 bits per heavy atom. The van der Waals surface area contributed by atoms with E-state index in [1.807, 2.05) is 0 Å². The summed E-state index contributed by atoms with van der Waals surface area (Å²) >= 11 is 0. The summed E-state index contributed by atoms with van der Waals surface area (Å²) < 4.78 is 0. The van der Waals surface area contributed by atoms with Crippen molar-refractivity contribution in [3.05, 3.63) is 36.5 Å². The zero-order chi connectivity index (χ0) is 44.8. The zero-order valence-corrected chi connectivity index (χ0v) is 41.5. The molecule has 4 nitrogen and oxygen atoms in total. The monoisotopic (exact) mass is 869 g/mol. The quantitative estimate of drug-likeness (QED) is 0.0363. The van der Waals surface area contributed by atoms with Crippen LogP contribution in [-0.2, 0) is 9.59 Å². The molecular weight excluding hydrogens is 761 g/mol. The molecule has 2 N–H and O–H groups in total. The van der Waals surface area contributed by atoms with Gasteiger partial charge in [-0.1, -0.05) is 294 Å². The summed E-state index contributed by atoms with van der Waals surface area (Å²) in [5.41, 5.74) is 0. The second kappa shape index (κ2) is 55.3. The molecule has 0 bridgehead atoms. The molecule has 0 saturated heterocycles. The Balaban J connectivity index is 3.11. The van der Waals surface area contributed by atoms with Gasteiger partial charge in [-0.3, -0.25) is 0 Å². The molecule has 0 spiro atoms. The number of aliphatic carboxylic acids is 2. The molecule has 0 fully saturated rings. The molecular formula is C58H108O4. The third-order valence-corrected chi connectivity index (χ3v) is 13.2. The Morgan fingerprint density at radius 2 is 0.306 bits per heavy atom. The maximum atomic E-state index is 10.4. The highest BCUT2D eigenvalue weighted by molar-refractivity contribution is 5.79. The van der Waals surface area contributed by atoms with E-state index >= 15 is 0 Å². The van der Waals surface area contributed by atoms with E-state index in [1.54, 1.807) is 12.2 Å². The van der Waals surface area contributed by atoms with Gasteiger partial charge in [0.1, 0.15) is 0 Å². The molecule has 0 atom stereocenters. The number of unbranched alkanes of at least 4 members (excludes halogenated alkanes) is 48. The van der Waals surface area contributed by atoms with Crippen molar-refractivity contribution < 1.29 is 19.8 Å². The van der Waals surface area contributed by atoms with E-state index in [0.717, 1.165) is 25.7 Å². The van der Waals surface area contributed by atoms with Gasteiger partial charge in [-0.2, -0.15) is 0 Å². The Morgan fingerprint density at radius 1 is 0.194 bits per heavy atom. The van der Waals surface area contributed by atoms with Crippen LogP contribution in [0.15, 0.2) is 36.5 Å². The molecule has 0 rings (SSSR count). The van der Waals surface area contributed by atoms with E-state index in [-0.39, 0.29) is 0 Å². The summed E-state index contributed by atoms with van der Waals surface area (Å²) in [5, 5.41) is 17.2. The Hall–Kier alpha value is -1.84. The summed E-state index contributed by atoms with van der Waals surface area (Å²) in [5.74, 6) is -1.67. The lowest BCUT2D eigenvalue weighted by molar-refractivity contribution is -0.132. The molecule has 0 aliphatic heterocycles. The van der Waals surface area contributed by atoms with Crippen molar-refractivity contribution in [1.29, 1.82) is 0 Å². The van der Waals surface area contributed by atoms with E-state index in [1.165, 1.54) is 308 Å². The van der Waals surface area contributed by atoms with Crippen LogP contribution in [0.25, 0.3) is 0 Å². The van der Waals surface area contributed by atoms with E-state index in [9.17, 15) is 9.59 Å². The van der Waals surface area contributed by atoms with Gasteiger partial charge >= 0.3 is 11.9 Å². The van der Waals surface area contributed by atoms with E-state index < -0.39 is 11.9 Å². The number of hydrogen-bond acceptors (Lipinski definition) is 2. The first-order valence-electron chi connectivity index (χ1n) is 28.1. The van der Waals surface area contributed by atoms with Gasteiger partial charge in [0, 0.05) is 12.2 Å². The molecule has 0 aliphatic carbocycles. The second-order valence-electron chi connectivity index (χ2n) is 19.4. The smallest absolute Gasteiger partial charge is 0.327 e. The molecule has 0 radical (unpaired) electrons. The van der Waals surface area contributed by atoms with Gasteiger partial charge in [0.2, 0.25) is 0 Å². The summed E-state index contributed by atoms with van der Waals surface area (Å²) in [4.78, 5) is 20.9. The summed E-state index contributed by atoms with van der Waals surface area (Å²) in [7, 11) is 0. The van der Waals surface area contributed by atoms with Gasteiger partial charge in [0.25, 0.3) is 0 Å². The average molecular weight is 869 g/mol. The Bertz CT molecular complexity index is 966. The second-order valence-corrected chi connectivity index (χ2v) is 19.4. The molecule has 0 unspecified atom stereocenters. The van der Waals surface area contributed by atoms with Crippen LogP contribution >= 0.6 is 0 Å². The minimum absolute atomic E-state index is 0.829. The highest BCUT2D eigenvalue weighted by Crippen LogP contribution is 2.18. The van der Waals surface area contributed by atoms with E-state index in [4.69, 9.17) is 10.2 Å². The first-order valence-corrected chi connectivity index (χ1v) is 28.1. The molecule has 4 heteroatoms. The normalized spacial score (nSPS) is 11.9. The number of carboxylic acids is 2. The molecule has 0 amide bonds. The fraction of sp³-hybridized carbons (Fsp3) is 0.862. The van der Waals surface area contributed by atoms with Crippen LogP contribution in [0.2, 0.25) is 0 Å². The highest BCUT2D eigenvalue weighted by atomic mass is 16.4. The van der Waals surface area contributed by atoms with Crippen LogP contribution in [-0.4, -0.2) is 22.2 Å². The maximum absolute atomic E-state index is 10.4. The SMILES string of the molecule is O=C(O)C=CCCCCCCC=CCCCCCCCCCCCCCCCCCCCCCCCCCCCCCCCCCCCCCCCCCCCCC=CC(=O)O. The van der Waals surface area contributed by atoms with Crippen LogP contribution in [0.1, 0.15) is 321 Å². The number of hydrogen-bond donors (Lipinski definition) is 2. The fourth-order valence-electron chi connectivity index (χ4n) is 9.08. The molecule has 62 heavy (non-hydrogen) atoms. The lowest BCUT2D eigenvalue weighted by Gasteiger charge is -2.05. The van der Waals surface area contributed by atoms with Crippen molar-refractivity contribution >= 4 is 11.9 Å². The van der Waals surface area contributed by atoms with Gasteiger partial charge in [-0.15, -0.1) is 0 Å². The molecule has 0 aromatic rings. The minimum atomic E-state index is -0.838. The van der Waals surface area contributed by atoms with Crippen LogP contribution < -0.4 is 0 Å². The summed E-state index contributed by atoms with van der Waals surface area (Å²) in [6, 6.07) is 0. The van der Waals surface area contributed by atoms with Crippen LogP contribution in [0.5, 0.6) is 0 Å². The highest BCUT2D eigenvalue weighted by Gasteiger charge is 1.99. The van der Waals surface area contributed by atoms with Crippen molar-refractivity contribution in [1.82, 2.24) is 0 Å². The summed E-state index contributed by atoms with van der Waals surface area (Å²) in [6.45, 7) is 0.